The Morgan fingerprint density at radius 2 is 1.96 bits per heavy atom. The molecule has 1 heterocycles. The van der Waals surface area contributed by atoms with E-state index in [0.29, 0.717) is 18.4 Å². The number of amides is 1. The van der Waals surface area contributed by atoms with Gasteiger partial charge in [-0.2, -0.15) is 0 Å². The van der Waals surface area contributed by atoms with Gasteiger partial charge in [0.2, 0.25) is 5.91 Å². The number of aromatic nitrogens is 1. The number of rotatable bonds is 7. The van der Waals surface area contributed by atoms with Gasteiger partial charge in [-0.1, -0.05) is 56.3 Å². The Morgan fingerprint density at radius 3 is 2.54 bits per heavy atom. The van der Waals surface area contributed by atoms with Crippen LogP contribution < -0.4 is 11.1 Å². The van der Waals surface area contributed by atoms with E-state index in [9.17, 15) is 4.79 Å². The molecule has 0 bridgehead atoms. The number of hydrogen-bond donors (Lipinski definition) is 2. The Balaban J connectivity index is 1.76. The molecule has 0 atom stereocenters. The van der Waals surface area contributed by atoms with Crippen molar-refractivity contribution in [3.63, 3.8) is 0 Å². The lowest BCUT2D eigenvalue weighted by atomic mass is 9.90. The smallest absolute Gasteiger partial charge is 0.299 e. The maximum absolute atomic E-state index is 11.9. The van der Waals surface area contributed by atoms with Crippen molar-refractivity contribution in [2.75, 3.05) is 5.32 Å². The summed E-state index contributed by atoms with van der Waals surface area (Å²) in [6.07, 6.45) is 5.44. The number of anilines is 2. The fourth-order valence-electron chi connectivity index (χ4n) is 3.60. The van der Waals surface area contributed by atoms with Gasteiger partial charge in [-0.25, -0.2) is 4.98 Å². The van der Waals surface area contributed by atoms with Crippen molar-refractivity contribution >= 4 is 17.6 Å². The minimum Gasteiger partial charge on any atom is -0.432 e. The molecule has 1 saturated carbocycles. The third kappa shape index (κ3) is 3.52. The normalized spacial score (nSPS) is 14.8. The van der Waals surface area contributed by atoms with Crippen LogP contribution in [0.15, 0.2) is 59.3 Å². The van der Waals surface area contributed by atoms with Crippen LogP contribution >= 0.6 is 0 Å². The van der Waals surface area contributed by atoms with Gasteiger partial charge >= 0.3 is 0 Å². The van der Waals surface area contributed by atoms with E-state index >= 15 is 0 Å². The maximum atomic E-state index is 11.9. The highest BCUT2D eigenvalue weighted by atomic mass is 16.4. The molecule has 0 spiro atoms. The summed E-state index contributed by atoms with van der Waals surface area (Å²) in [5.74, 6) is 0.261. The molecule has 0 unspecified atom stereocenters. The van der Waals surface area contributed by atoms with E-state index in [1.807, 2.05) is 12.1 Å². The van der Waals surface area contributed by atoms with Crippen LogP contribution in [0.4, 0.5) is 11.7 Å². The van der Waals surface area contributed by atoms with Gasteiger partial charge in [0, 0.05) is 5.56 Å². The van der Waals surface area contributed by atoms with E-state index < -0.39 is 5.41 Å². The highest BCUT2D eigenvalue weighted by molar-refractivity contribution is 5.86. The van der Waals surface area contributed by atoms with Gasteiger partial charge in [-0.3, -0.25) is 4.79 Å². The van der Waals surface area contributed by atoms with Crippen LogP contribution in [-0.4, -0.2) is 10.9 Å². The standard InChI is InChI=1S/C23H25N3O2/c1-15(2)16-6-8-17(9-7-16)19-5-3-4-18(14-23(10-11-23)21(24)27)20(19)26-22-25-12-13-28-22/h3-9,12-13,15H,10-11,14H2,1-2H3,(H2,24,27)(H,25,26). The monoisotopic (exact) mass is 375 g/mol. The molecule has 1 aliphatic rings. The zero-order valence-electron chi connectivity index (χ0n) is 16.2. The molecule has 0 aliphatic heterocycles. The molecule has 144 valence electrons. The minimum absolute atomic E-state index is 0.221. The van der Waals surface area contributed by atoms with Crippen LogP contribution in [0.3, 0.4) is 0 Å². The molecule has 5 heteroatoms. The quantitative estimate of drug-likeness (QED) is 0.608. The van der Waals surface area contributed by atoms with Crippen molar-refractivity contribution in [1.29, 1.82) is 0 Å². The first-order valence-corrected chi connectivity index (χ1v) is 9.67. The maximum Gasteiger partial charge on any atom is 0.299 e. The van der Waals surface area contributed by atoms with Crippen molar-refractivity contribution in [2.24, 2.45) is 11.1 Å². The van der Waals surface area contributed by atoms with Crippen molar-refractivity contribution in [2.45, 2.75) is 39.0 Å². The van der Waals surface area contributed by atoms with Crippen molar-refractivity contribution in [1.82, 2.24) is 4.98 Å². The summed E-state index contributed by atoms with van der Waals surface area (Å²) in [6.45, 7) is 4.37. The topological polar surface area (TPSA) is 81.2 Å². The van der Waals surface area contributed by atoms with Crippen LogP contribution in [0.1, 0.15) is 43.7 Å². The molecule has 1 amide bonds. The number of primary amides is 1. The van der Waals surface area contributed by atoms with E-state index in [4.69, 9.17) is 10.2 Å². The Morgan fingerprint density at radius 1 is 1.21 bits per heavy atom. The summed E-state index contributed by atoms with van der Waals surface area (Å²) in [7, 11) is 0. The Bertz CT molecular complexity index is 972. The average Bonchev–Trinajstić information content (AvgIpc) is 3.29. The molecule has 0 saturated heterocycles. The van der Waals surface area contributed by atoms with Crippen molar-refractivity contribution < 1.29 is 9.21 Å². The number of oxazole rings is 1. The Kier molecular flexibility index (Phi) is 4.67. The van der Waals surface area contributed by atoms with Gasteiger partial charge in [0.05, 0.1) is 17.3 Å². The summed E-state index contributed by atoms with van der Waals surface area (Å²) in [6, 6.07) is 15.2. The van der Waals surface area contributed by atoms with Gasteiger partial charge in [0.15, 0.2) is 0 Å². The number of benzene rings is 2. The lowest BCUT2D eigenvalue weighted by molar-refractivity contribution is -0.123. The third-order valence-electron chi connectivity index (χ3n) is 5.61. The molecular weight excluding hydrogens is 350 g/mol. The van der Waals surface area contributed by atoms with Crippen molar-refractivity contribution in [3.05, 3.63) is 66.1 Å². The van der Waals surface area contributed by atoms with E-state index in [1.165, 1.54) is 11.8 Å². The average molecular weight is 375 g/mol. The summed E-state index contributed by atoms with van der Waals surface area (Å²) >= 11 is 0. The van der Waals surface area contributed by atoms with E-state index in [2.05, 4.69) is 54.5 Å². The van der Waals surface area contributed by atoms with Gasteiger partial charge in [0.25, 0.3) is 6.01 Å². The lowest BCUT2D eigenvalue weighted by Gasteiger charge is -2.19. The minimum atomic E-state index is -0.423. The molecule has 3 aromatic rings. The number of nitrogens with zero attached hydrogens (tertiary/aromatic N) is 1. The predicted octanol–water partition coefficient (Wildman–Crippen LogP) is 5.02. The molecule has 1 fully saturated rings. The highest BCUT2D eigenvalue weighted by Gasteiger charge is 2.48. The summed E-state index contributed by atoms with van der Waals surface area (Å²) < 4.78 is 5.41. The van der Waals surface area contributed by atoms with Gasteiger partial charge in [-0.05, 0) is 41.9 Å². The zero-order valence-corrected chi connectivity index (χ0v) is 16.2. The Hall–Kier alpha value is -3.08. The van der Waals surface area contributed by atoms with Crippen LogP contribution in [0.2, 0.25) is 0 Å². The van der Waals surface area contributed by atoms with E-state index in [-0.39, 0.29) is 5.91 Å². The zero-order chi connectivity index (χ0) is 19.7. The number of nitrogens with two attached hydrogens (primary N) is 1. The number of carbonyl (C=O) groups excluding carboxylic acids is 1. The molecule has 1 aliphatic carbocycles. The second-order valence-electron chi connectivity index (χ2n) is 7.90. The fourth-order valence-corrected chi connectivity index (χ4v) is 3.60. The lowest BCUT2D eigenvalue weighted by Crippen LogP contribution is -2.26. The Labute approximate surface area is 165 Å². The highest BCUT2D eigenvalue weighted by Crippen LogP contribution is 2.50. The molecule has 5 nitrogen and oxygen atoms in total. The van der Waals surface area contributed by atoms with Crippen LogP contribution in [0, 0.1) is 5.41 Å². The van der Waals surface area contributed by atoms with Gasteiger partial charge in [0.1, 0.15) is 6.26 Å². The third-order valence-corrected chi connectivity index (χ3v) is 5.61. The first kappa shape index (κ1) is 18.3. The second-order valence-corrected chi connectivity index (χ2v) is 7.90. The number of hydrogen-bond acceptors (Lipinski definition) is 4. The van der Waals surface area contributed by atoms with Gasteiger partial charge in [-0.15, -0.1) is 0 Å². The summed E-state index contributed by atoms with van der Waals surface area (Å²) in [5.41, 5.74) is 10.6. The number of carbonyl (C=O) groups is 1. The number of nitrogens with one attached hydrogen (secondary N) is 1. The van der Waals surface area contributed by atoms with Crippen LogP contribution in [0.25, 0.3) is 11.1 Å². The molecule has 28 heavy (non-hydrogen) atoms. The van der Waals surface area contributed by atoms with Gasteiger partial charge < -0.3 is 15.5 Å². The summed E-state index contributed by atoms with van der Waals surface area (Å²) in [5, 5.41) is 3.32. The predicted molar refractivity (Wildman–Crippen MR) is 110 cm³/mol. The van der Waals surface area contributed by atoms with Crippen LogP contribution in [0.5, 0.6) is 0 Å². The fraction of sp³-hybridized carbons (Fsp3) is 0.304. The molecule has 4 rings (SSSR count). The van der Waals surface area contributed by atoms with E-state index in [0.717, 1.165) is 35.2 Å². The second kappa shape index (κ2) is 7.15. The SMILES string of the molecule is CC(C)c1ccc(-c2cccc(CC3(C(N)=O)CC3)c2Nc2ncco2)cc1. The molecular formula is C23H25N3O2. The number of para-hydroxylation sites is 1. The first-order valence-electron chi connectivity index (χ1n) is 9.67. The molecule has 0 radical (unpaired) electrons. The van der Waals surface area contributed by atoms with E-state index in [1.54, 1.807) is 6.20 Å². The summed E-state index contributed by atoms with van der Waals surface area (Å²) in [4.78, 5) is 16.1. The largest absolute Gasteiger partial charge is 0.432 e. The molecule has 2 aromatic carbocycles. The molecule has 3 N–H and O–H groups in total. The molecule has 1 aromatic heterocycles. The van der Waals surface area contributed by atoms with Crippen molar-refractivity contribution in [3.8, 4) is 11.1 Å². The van der Waals surface area contributed by atoms with Crippen LogP contribution in [-0.2, 0) is 11.2 Å². The first-order chi connectivity index (χ1) is 13.5.